The van der Waals surface area contributed by atoms with Gasteiger partial charge in [-0.3, -0.25) is 9.48 Å². The molecule has 5 nitrogen and oxygen atoms in total. The summed E-state index contributed by atoms with van der Waals surface area (Å²) in [6.07, 6.45) is 0. The number of carbonyl (C=O) groups excluding carboxylic acids is 1. The van der Waals surface area contributed by atoms with Crippen molar-refractivity contribution in [3.8, 4) is 6.07 Å². The van der Waals surface area contributed by atoms with Gasteiger partial charge in [0.05, 0.1) is 29.4 Å². The lowest BCUT2D eigenvalue weighted by Gasteiger charge is -2.08. The van der Waals surface area contributed by atoms with Gasteiger partial charge in [-0.25, -0.2) is 0 Å². The molecule has 0 radical (unpaired) electrons. The van der Waals surface area contributed by atoms with Gasteiger partial charge >= 0.3 is 0 Å². The summed E-state index contributed by atoms with van der Waals surface area (Å²) in [4.78, 5) is 12.7. The minimum Gasteiger partial charge on any atom is -0.348 e. The van der Waals surface area contributed by atoms with Crippen LogP contribution >= 0.6 is 11.6 Å². The normalized spacial score (nSPS) is 10.4. The zero-order valence-corrected chi connectivity index (χ0v) is 15.9. The molecule has 27 heavy (non-hydrogen) atoms. The Hall–Kier alpha value is -3.10. The van der Waals surface area contributed by atoms with Crippen molar-refractivity contribution in [2.24, 2.45) is 0 Å². The molecule has 0 spiro atoms. The van der Waals surface area contributed by atoms with Crippen LogP contribution in [0.1, 0.15) is 38.4 Å². The summed E-state index contributed by atoms with van der Waals surface area (Å²) < 4.78 is 1.80. The van der Waals surface area contributed by atoms with Crippen molar-refractivity contribution in [1.29, 1.82) is 5.26 Å². The number of halogens is 1. The first kappa shape index (κ1) is 18.7. The Morgan fingerprint density at radius 2 is 1.89 bits per heavy atom. The third kappa shape index (κ3) is 4.18. The number of nitrogens with one attached hydrogen (secondary N) is 1. The van der Waals surface area contributed by atoms with E-state index in [-0.39, 0.29) is 5.91 Å². The van der Waals surface area contributed by atoms with Gasteiger partial charge in [0.1, 0.15) is 0 Å². The van der Waals surface area contributed by atoms with E-state index in [1.807, 2.05) is 50.2 Å². The summed E-state index contributed by atoms with van der Waals surface area (Å²) in [6.45, 7) is 4.61. The van der Waals surface area contributed by atoms with Gasteiger partial charge in [-0.1, -0.05) is 41.9 Å². The molecule has 0 aliphatic heterocycles. The molecule has 1 N–H and O–H groups in total. The van der Waals surface area contributed by atoms with E-state index in [4.69, 9.17) is 16.9 Å². The largest absolute Gasteiger partial charge is 0.348 e. The predicted octanol–water partition coefficient (Wildman–Crippen LogP) is 4.00. The highest BCUT2D eigenvalue weighted by Crippen LogP contribution is 2.19. The second kappa shape index (κ2) is 8.07. The summed E-state index contributed by atoms with van der Waals surface area (Å²) in [7, 11) is 0. The van der Waals surface area contributed by atoms with E-state index in [0.29, 0.717) is 34.9 Å². The maximum Gasteiger partial charge on any atom is 0.255 e. The molecule has 0 aliphatic rings. The van der Waals surface area contributed by atoms with E-state index in [1.54, 1.807) is 16.8 Å². The molecular formula is C21H19ClN4O. The van der Waals surface area contributed by atoms with Gasteiger partial charge in [0.15, 0.2) is 0 Å². The molecule has 0 bridgehead atoms. The molecule has 0 atom stereocenters. The third-order valence-electron chi connectivity index (χ3n) is 4.42. The first-order valence-corrected chi connectivity index (χ1v) is 8.92. The first-order chi connectivity index (χ1) is 13.0. The van der Waals surface area contributed by atoms with Crippen LogP contribution in [0.2, 0.25) is 5.02 Å². The molecule has 0 aliphatic carbocycles. The molecule has 0 fully saturated rings. The second-order valence-electron chi connectivity index (χ2n) is 6.29. The number of aryl methyl sites for hydroxylation is 1. The van der Waals surface area contributed by atoms with Gasteiger partial charge in [0.2, 0.25) is 0 Å². The van der Waals surface area contributed by atoms with E-state index < -0.39 is 0 Å². The second-order valence-corrected chi connectivity index (χ2v) is 6.69. The molecule has 1 amide bonds. The lowest BCUT2D eigenvalue weighted by molar-refractivity contribution is 0.0949. The SMILES string of the molecule is Cc1nn(Cc2ccccc2Cl)c(C)c1C(=O)NCc1ccc(C#N)cc1. The van der Waals surface area contributed by atoms with Crippen molar-refractivity contribution in [2.75, 3.05) is 0 Å². The number of hydrogen-bond donors (Lipinski definition) is 1. The highest BCUT2D eigenvalue weighted by Gasteiger charge is 2.19. The van der Waals surface area contributed by atoms with E-state index in [9.17, 15) is 4.79 Å². The maximum absolute atomic E-state index is 12.7. The van der Waals surface area contributed by atoms with Crippen molar-refractivity contribution in [2.45, 2.75) is 26.9 Å². The molecule has 6 heteroatoms. The molecule has 2 aromatic carbocycles. The van der Waals surface area contributed by atoms with Crippen molar-refractivity contribution in [3.05, 3.63) is 87.2 Å². The summed E-state index contributed by atoms with van der Waals surface area (Å²) in [6, 6.07) is 16.8. The van der Waals surface area contributed by atoms with Crippen LogP contribution in [0.25, 0.3) is 0 Å². The van der Waals surface area contributed by atoms with Crippen LogP contribution in [0, 0.1) is 25.2 Å². The predicted molar refractivity (Wildman–Crippen MR) is 105 cm³/mol. The summed E-state index contributed by atoms with van der Waals surface area (Å²) in [5.41, 5.74) is 4.53. The first-order valence-electron chi connectivity index (χ1n) is 8.54. The van der Waals surface area contributed by atoms with E-state index >= 15 is 0 Å². The molecule has 136 valence electrons. The lowest BCUT2D eigenvalue weighted by atomic mass is 10.1. The quantitative estimate of drug-likeness (QED) is 0.729. The Bertz CT molecular complexity index is 1020. The van der Waals surface area contributed by atoms with Crippen LogP contribution in [0.4, 0.5) is 0 Å². The number of aromatic nitrogens is 2. The van der Waals surface area contributed by atoms with Crippen molar-refractivity contribution in [1.82, 2.24) is 15.1 Å². The van der Waals surface area contributed by atoms with Gasteiger partial charge < -0.3 is 5.32 Å². The number of hydrogen-bond acceptors (Lipinski definition) is 3. The smallest absolute Gasteiger partial charge is 0.255 e. The van der Waals surface area contributed by atoms with Gasteiger partial charge in [0, 0.05) is 17.3 Å². The van der Waals surface area contributed by atoms with Crippen LogP contribution in [0.3, 0.4) is 0 Å². The number of nitriles is 1. The van der Waals surface area contributed by atoms with Crippen molar-refractivity contribution >= 4 is 17.5 Å². The Labute approximate surface area is 163 Å². The number of benzene rings is 2. The average molecular weight is 379 g/mol. The Morgan fingerprint density at radius 1 is 1.19 bits per heavy atom. The highest BCUT2D eigenvalue weighted by molar-refractivity contribution is 6.31. The molecule has 0 unspecified atom stereocenters. The maximum atomic E-state index is 12.7. The van der Waals surface area contributed by atoms with Crippen LogP contribution in [0.15, 0.2) is 48.5 Å². The molecule has 3 rings (SSSR count). The Kier molecular flexibility index (Phi) is 5.58. The number of rotatable bonds is 5. The monoisotopic (exact) mass is 378 g/mol. The van der Waals surface area contributed by atoms with Gasteiger partial charge in [0.25, 0.3) is 5.91 Å². The van der Waals surface area contributed by atoms with Crippen LogP contribution in [-0.4, -0.2) is 15.7 Å². The Morgan fingerprint density at radius 3 is 2.56 bits per heavy atom. The van der Waals surface area contributed by atoms with E-state index in [0.717, 1.165) is 16.8 Å². The topological polar surface area (TPSA) is 70.7 Å². The number of amides is 1. The van der Waals surface area contributed by atoms with Gasteiger partial charge in [-0.15, -0.1) is 0 Å². The number of carbonyl (C=O) groups is 1. The minimum atomic E-state index is -0.167. The van der Waals surface area contributed by atoms with Gasteiger partial charge in [-0.2, -0.15) is 10.4 Å². The minimum absolute atomic E-state index is 0.167. The zero-order chi connectivity index (χ0) is 19.4. The molecule has 1 aromatic heterocycles. The fraction of sp³-hybridized carbons (Fsp3) is 0.190. The standard InChI is InChI=1S/C21H19ClN4O/c1-14-20(21(27)24-12-17-9-7-16(11-23)8-10-17)15(2)26(25-14)13-18-5-3-4-6-19(18)22/h3-10H,12-13H2,1-2H3,(H,24,27). The Balaban J connectivity index is 1.74. The molecule has 0 saturated heterocycles. The fourth-order valence-corrected chi connectivity index (χ4v) is 3.13. The molecular weight excluding hydrogens is 360 g/mol. The van der Waals surface area contributed by atoms with Gasteiger partial charge in [-0.05, 0) is 43.2 Å². The molecule has 1 heterocycles. The molecule has 0 saturated carbocycles. The summed E-state index contributed by atoms with van der Waals surface area (Å²) in [5.74, 6) is -0.167. The van der Waals surface area contributed by atoms with Crippen LogP contribution < -0.4 is 5.32 Å². The number of nitrogens with zero attached hydrogens (tertiary/aromatic N) is 3. The third-order valence-corrected chi connectivity index (χ3v) is 4.79. The average Bonchev–Trinajstić information content (AvgIpc) is 2.95. The fourth-order valence-electron chi connectivity index (χ4n) is 2.94. The van der Waals surface area contributed by atoms with Crippen molar-refractivity contribution < 1.29 is 4.79 Å². The van der Waals surface area contributed by atoms with Crippen molar-refractivity contribution in [3.63, 3.8) is 0 Å². The van der Waals surface area contributed by atoms with E-state index in [2.05, 4.69) is 16.5 Å². The highest BCUT2D eigenvalue weighted by atomic mass is 35.5. The zero-order valence-electron chi connectivity index (χ0n) is 15.2. The van der Waals surface area contributed by atoms with Crippen LogP contribution in [0.5, 0.6) is 0 Å². The lowest BCUT2D eigenvalue weighted by Crippen LogP contribution is -2.24. The van der Waals surface area contributed by atoms with Crippen LogP contribution in [-0.2, 0) is 13.1 Å². The van der Waals surface area contributed by atoms with E-state index in [1.165, 1.54) is 0 Å². The summed E-state index contributed by atoms with van der Waals surface area (Å²) >= 11 is 6.23. The molecule has 3 aromatic rings. The summed E-state index contributed by atoms with van der Waals surface area (Å²) in [5, 5.41) is 17.0.